The van der Waals surface area contributed by atoms with E-state index in [1.807, 2.05) is 0 Å². The molecule has 0 heterocycles. The van der Waals surface area contributed by atoms with Gasteiger partial charge in [-0.3, -0.25) is 0 Å². The molecule has 0 aromatic rings. The third-order valence-corrected chi connectivity index (χ3v) is 0.898. The molecule has 0 saturated heterocycles. The van der Waals surface area contributed by atoms with Crippen LogP contribution in [0.4, 0.5) is 12.9 Å². The molecule has 0 aliphatic rings. The average molecular weight is 137 g/mol. The second-order valence-corrected chi connectivity index (χ2v) is 2.21. The molecule has 0 rings (SSSR count). The lowest BCUT2D eigenvalue weighted by Gasteiger charge is -2.11. The lowest BCUT2D eigenvalue weighted by molar-refractivity contribution is 0.467. The van der Waals surface area contributed by atoms with E-state index >= 15 is 0 Å². The number of hydrogen-bond acceptors (Lipinski definition) is 0. The summed E-state index contributed by atoms with van der Waals surface area (Å²) in [4.78, 5) is 0. The summed E-state index contributed by atoms with van der Waals surface area (Å²) in [5.74, 6) is 0. The van der Waals surface area contributed by atoms with Crippen molar-refractivity contribution in [1.29, 1.82) is 0 Å². The first kappa shape index (κ1) is 8.59. The normalized spacial score (nSPS) is 11.6. The van der Waals surface area contributed by atoms with Crippen LogP contribution in [0.1, 0.15) is 13.3 Å². The van der Waals surface area contributed by atoms with E-state index in [1.54, 1.807) is 6.92 Å². The third kappa shape index (κ3) is 7.59. The SMILES string of the molecule is C=C(C)CC[B-](F)(F)F. The summed E-state index contributed by atoms with van der Waals surface area (Å²) in [6.45, 7) is 0.375. The van der Waals surface area contributed by atoms with E-state index in [-0.39, 0.29) is 6.42 Å². The molecule has 9 heavy (non-hydrogen) atoms. The van der Waals surface area contributed by atoms with Crippen molar-refractivity contribution in [3.8, 4) is 0 Å². The van der Waals surface area contributed by atoms with Crippen LogP contribution in [-0.2, 0) is 0 Å². The van der Waals surface area contributed by atoms with Crippen LogP contribution in [0.25, 0.3) is 0 Å². The van der Waals surface area contributed by atoms with Gasteiger partial charge in [-0.1, -0.05) is 18.3 Å². The molecule has 0 aliphatic carbocycles. The van der Waals surface area contributed by atoms with Crippen LogP contribution >= 0.6 is 0 Å². The van der Waals surface area contributed by atoms with Crippen molar-refractivity contribution in [1.82, 2.24) is 0 Å². The summed E-state index contributed by atoms with van der Waals surface area (Å²) >= 11 is 0. The maximum Gasteiger partial charge on any atom is 0.478 e. The highest BCUT2D eigenvalue weighted by Gasteiger charge is 2.21. The summed E-state index contributed by atoms with van der Waals surface area (Å²) < 4.78 is 34.3. The Bertz CT molecular complexity index is 105. The van der Waals surface area contributed by atoms with Gasteiger partial charge >= 0.3 is 6.98 Å². The molecular formula is C5H9BF3-. The predicted molar refractivity (Wildman–Crippen MR) is 33.3 cm³/mol. The molecule has 0 nitrogen and oxygen atoms in total. The Hall–Kier alpha value is -0.405. The van der Waals surface area contributed by atoms with Crippen LogP contribution in [0.2, 0.25) is 6.32 Å². The summed E-state index contributed by atoms with van der Waals surface area (Å²) in [5.41, 5.74) is 0.592. The van der Waals surface area contributed by atoms with Crippen molar-refractivity contribution in [3.63, 3.8) is 0 Å². The molecule has 0 bridgehead atoms. The van der Waals surface area contributed by atoms with Crippen molar-refractivity contribution in [2.75, 3.05) is 0 Å². The van der Waals surface area contributed by atoms with Crippen molar-refractivity contribution in [2.24, 2.45) is 0 Å². The summed E-state index contributed by atoms with van der Waals surface area (Å²) in [6, 6.07) is 0. The Morgan fingerprint density at radius 2 is 1.89 bits per heavy atom. The molecule has 0 atom stereocenters. The molecule has 0 N–H and O–H groups in total. The highest BCUT2D eigenvalue weighted by molar-refractivity contribution is 6.58. The molecule has 54 valence electrons. The minimum atomic E-state index is -4.59. The van der Waals surface area contributed by atoms with Gasteiger partial charge in [0.2, 0.25) is 0 Å². The first-order valence-corrected chi connectivity index (χ1v) is 2.77. The summed E-state index contributed by atoms with van der Waals surface area (Å²) in [7, 11) is 0. The number of rotatable bonds is 3. The fourth-order valence-corrected chi connectivity index (χ4v) is 0.410. The Labute approximate surface area is 52.8 Å². The van der Waals surface area contributed by atoms with Gasteiger partial charge in [-0.05, 0) is 6.92 Å². The Morgan fingerprint density at radius 3 is 2.00 bits per heavy atom. The minimum absolute atomic E-state index is 0.0729. The van der Waals surface area contributed by atoms with Gasteiger partial charge in [0.05, 0.1) is 0 Å². The van der Waals surface area contributed by atoms with Crippen LogP contribution in [0, 0.1) is 0 Å². The van der Waals surface area contributed by atoms with Crippen LogP contribution in [0.5, 0.6) is 0 Å². The van der Waals surface area contributed by atoms with E-state index in [1.165, 1.54) is 0 Å². The van der Waals surface area contributed by atoms with Crippen molar-refractivity contribution in [2.45, 2.75) is 19.7 Å². The van der Waals surface area contributed by atoms with E-state index < -0.39 is 13.3 Å². The average Bonchev–Trinajstić information content (AvgIpc) is 1.59. The smallest absolute Gasteiger partial charge is 0.449 e. The number of halogens is 3. The van der Waals surface area contributed by atoms with Crippen molar-refractivity contribution in [3.05, 3.63) is 12.2 Å². The van der Waals surface area contributed by atoms with E-state index in [4.69, 9.17) is 0 Å². The molecule has 0 amide bonds. The molecule has 0 aromatic heterocycles. The van der Waals surface area contributed by atoms with Gasteiger partial charge in [-0.25, -0.2) is 0 Å². The maximum absolute atomic E-state index is 11.4. The fourth-order valence-electron chi connectivity index (χ4n) is 0.410. The third-order valence-electron chi connectivity index (χ3n) is 0.898. The van der Waals surface area contributed by atoms with E-state index in [0.29, 0.717) is 5.57 Å². The molecule has 0 radical (unpaired) electrons. The van der Waals surface area contributed by atoms with Crippen molar-refractivity contribution >= 4 is 6.98 Å². The van der Waals surface area contributed by atoms with Crippen LogP contribution in [-0.4, -0.2) is 6.98 Å². The summed E-state index contributed by atoms with van der Waals surface area (Å²) in [5, 5.41) is 0. The lowest BCUT2D eigenvalue weighted by atomic mass is 9.83. The molecule has 0 unspecified atom stereocenters. The van der Waals surface area contributed by atoms with Gasteiger partial charge in [0.25, 0.3) is 0 Å². The van der Waals surface area contributed by atoms with E-state index in [9.17, 15) is 12.9 Å². The maximum atomic E-state index is 11.4. The fraction of sp³-hybridized carbons (Fsp3) is 0.600. The number of allylic oxidation sites excluding steroid dienone is 1. The number of hydrogen-bond donors (Lipinski definition) is 0. The van der Waals surface area contributed by atoms with Gasteiger partial charge in [0, 0.05) is 0 Å². The Morgan fingerprint density at radius 1 is 1.44 bits per heavy atom. The highest BCUT2D eigenvalue weighted by Crippen LogP contribution is 2.18. The standard InChI is InChI=1S/C5H9BF3/c1-5(2)3-4-6(7,8)9/h1,3-4H2,2H3/q-1. The molecular weight excluding hydrogens is 128 g/mol. The molecule has 0 spiro atoms. The molecule has 0 aromatic carbocycles. The lowest BCUT2D eigenvalue weighted by Crippen LogP contribution is -2.13. The molecule has 0 saturated carbocycles. The first-order chi connectivity index (χ1) is 3.92. The van der Waals surface area contributed by atoms with Gasteiger partial charge in [-0.15, -0.1) is 6.58 Å². The van der Waals surface area contributed by atoms with E-state index in [0.717, 1.165) is 0 Å². The molecule has 0 fully saturated rings. The zero-order chi connectivity index (χ0) is 7.49. The Balaban J connectivity index is 3.39. The second-order valence-electron chi connectivity index (χ2n) is 2.21. The second kappa shape index (κ2) is 2.94. The first-order valence-electron chi connectivity index (χ1n) is 2.77. The quantitative estimate of drug-likeness (QED) is 0.414. The van der Waals surface area contributed by atoms with Crippen LogP contribution < -0.4 is 0 Å². The van der Waals surface area contributed by atoms with Crippen LogP contribution in [0.3, 0.4) is 0 Å². The van der Waals surface area contributed by atoms with Gasteiger partial charge in [-0.2, -0.15) is 0 Å². The van der Waals surface area contributed by atoms with Gasteiger partial charge in [0.1, 0.15) is 0 Å². The molecule has 4 heteroatoms. The summed E-state index contributed by atoms with van der Waals surface area (Å²) in [6.07, 6.45) is -0.612. The van der Waals surface area contributed by atoms with E-state index in [2.05, 4.69) is 6.58 Å². The zero-order valence-corrected chi connectivity index (χ0v) is 5.33. The van der Waals surface area contributed by atoms with Gasteiger partial charge in [0.15, 0.2) is 0 Å². The molecule has 0 aliphatic heterocycles. The van der Waals surface area contributed by atoms with Crippen LogP contribution in [0.15, 0.2) is 12.2 Å². The minimum Gasteiger partial charge on any atom is -0.449 e. The predicted octanol–water partition coefficient (Wildman–Crippen LogP) is 2.80. The van der Waals surface area contributed by atoms with Gasteiger partial charge < -0.3 is 12.9 Å². The van der Waals surface area contributed by atoms with Crippen molar-refractivity contribution < 1.29 is 12.9 Å². The zero-order valence-electron chi connectivity index (χ0n) is 5.33. The topological polar surface area (TPSA) is 0 Å². The highest BCUT2D eigenvalue weighted by atomic mass is 19.4. The largest absolute Gasteiger partial charge is 0.478 e. The monoisotopic (exact) mass is 137 g/mol. The Kier molecular flexibility index (Phi) is 2.81.